The van der Waals surface area contributed by atoms with E-state index in [1.54, 1.807) is 6.33 Å². The van der Waals surface area contributed by atoms with Gasteiger partial charge in [-0.15, -0.1) is 0 Å². The van der Waals surface area contributed by atoms with Crippen LogP contribution in [-0.4, -0.2) is 17.4 Å². The zero-order valence-corrected chi connectivity index (χ0v) is 4.55. The highest BCUT2D eigenvalue weighted by molar-refractivity contribution is 6.06. The summed E-state index contributed by atoms with van der Waals surface area (Å²) < 4.78 is 1.97. The van der Waals surface area contributed by atoms with Gasteiger partial charge in [-0.1, -0.05) is 0 Å². The fraction of sp³-hybridized carbons (Fsp3) is 0.250. The molecule has 0 saturated heterocycles. The summed E-state index contributed by atoms with van der Waals surface area (Å²) in [6.07, 6.45) is 3.62. The molecule has 0 N–H and O–H groups in total. The van der Waals surface area contributed by atoms with Crippen molar-refractivity contribution in [2.45, 2.75) is 6.92 Å². The van der Waals surface area contributed by atoms with Crippen LogP contribution in [0.3, 0.4) is 0 Å². The summed E-state index contributed by atoms with van der Waals surface area (Å²) in [6.45, 7) is 2.02. The molecule has 2 nitrogen and oxygen atoms in total. The second-order valence-corrected chi connectivity index (χ2v) is 1.65. The van der Waals surface area contributed by atoms with Crippen LogP contribution in [-0.2, 0) is 0 Å². The van der Waals surface area contributed by atoms with Crippen LogP contribution < -0.4 is 0 Å². The Morgan fingerprint density at radius 2 is 2.57 bits per heavy atom. The molecule has 0 fully saturated rings. The SMILES string of the molecule is Bn1cncc1C. The van der Waals surface area contributed by atoms with Crippen molar-refractivity contribution >= 4 is 7.98 Å². The summed E-state index contributed by atoms with van der Waals surface area (Å²) in [5.74, 6) is 0. The van der Waals surface area contributed by atoms with Crippen LogP contribution in [0.5, 0.6) is 0 Å². The maximum absolute atomic E-state index is 3.88. The van der Waals surface area contributed by atoms with Crippen LogP contribution in [0.4, 0.5) is 0 Å². The largest absolute Gasteiger partial charge is 0.387 e. The number of aromatic nitrogens is 2. The molecule has 3 heteroatoms. The van der Waals surface area contributed by atoms with E-state index in [9.17, 15) is 0 Å². The van der Waals surface area contributed by atoms with Gasteiger partial charge < -0.3 is 4.48 Å². The van der Waals surface area contributed by atoms with Crippen LogP contribution in [0.1, 0.15) is 5.69 Å². The molecular formula is C4H7BN2. The predicted octanol–water partition coefficient (Wildman–Crippen LogP) is -0.412. The van der Waals surface area contributed by atoms with Crippen LogP contribution in [0.25, 0.3) is 0 Å². The summed E-state index contributed by atoms with van der Waals surface area (Å²) in [7, 11) is 1.97. The molecule has 36 valence electrons. The molecule has 7 heavy (non-hydrogen) atoms. The van der Waals surface area contributed by atoms with E-state index in [4.69, 9.17) is 0 Å². The minimum atomic E-state index is 1.19. The average Bonchev–Trinajstić information content (AvgIpc) is 1.91. The summed E-state index contributed by atoms with van der Waals surface area (Å²) >= 11 is 0. The Kier molecular flexibility index (Phi) is 0.892. The maximum atomic E-state index is 3.88. The van der Waals surface area contributed by atoms with E-state index in [2.05, 4.69) is 4.98 Å². The Bertz CT molecular complexity index is 142. The van der Waals surface area contributed by atoms with Crippen molar-refractivity contribution in [1.82, 2.24) is 9.46 Å². The van der Waals surface area contributed by atoms with Crippen LogP contribution >= 0.6 is 0 Å². The first-order chi connectivity index (χ1) is 3.30. The molecule has 0 spiro atoms. The lowest BCUT2D eigenvalue weighted by atomic mass is 10.4. The lowest BCUT2D eigenvalue weighted by molar-refractivity contribution is 1.14. The Morgan fingerprint density at radius 1 is 1.86 bits per heavy atom. The van der Waals surface area contributed by atoms with Gasteiger partial charge in [0.25, 0.3) is 0 Å². The Balaban J connectivity index is 3.12. The second kappa shape index (κ2) is 1.41. The van der Waals surface area contributed by atoms with Gasteiger partial charge in [-0.3, -0.25) is 0 Å². The molecule has 0 amide bonds. The van der Waals surface area contributed by atoms with Gasteiger partial charge in [-0.25, -0.2) is 4.98 Å². The van der Waals surface area contributed by atoms with Crippen molar-refractivity contribution < 1.29 is 0 Å². The highest BCUT2D eigenvalue weighted by Crippen LogP contribution is 1.87. The molecule has 0 bridgehead atoms. The van der Waals surface area contributed by atoms with Gasteiger partial charge in [0.05, 0.1) is 6.33 Å². The smallest absolute Gasteiger partial charge is 0.224 e. The molecule has 0 radical (unpaired) electrons. The van der Waals surface area contributed by atoms with Crippen molar-refractivity contribution in [2.75, 3.05) is 0 Å². The van der Waals surface area contributed by atoms with Crippen molar-refractivity contribution in [3.05, 3.63) is 18.2 Å². The number of aryl methyl sites for hydroxylation is 1. The normalized spacial score (nSPS) is 9.29. The van der Waals surface area contributed by atoms with Gasteiger partial charge in [0.15, 0.2) is 0 Å². The predicted molar refractivity (Wildman–Crippen MR) is 30.9 cm³/mol. The molecule has 0 atom stereocenters. The van der Waals surface area contributed by atoms with Crippen LogP contribution in [0.2, 0.25) is 0 Å². The number of imidazole rings is 1. The second-order valence-electron chi connectivity index (χ2n) is 1.65. The Hall–Kier alpha value is -0.725. The Morgan fingerprint density at radius 3 is 2.71 bits per heavy atom. The minimum Gasteiger partial charge on any atom is -0.387 e. The Labute approximate surface area is 43.6 Å². The van der Waals surface area contributed by atoms with Gasteiger partial charge in [0, 0.05) is 11.9 Å². The first kappa shape index (κ1) is 4.43. The quantitative estimate of drug-likeness (QED) is 0.399. The molecule has 0 aliphatic rings. The van der Waals surface area contributed by atoms with E-state index in [1.165, 1.54) is 5.69 Å². The van der Waals surface area contributed by atoms with E-state index < -0.39 is 0 Å². The number of hydrogen-bond donors (Lipinski definition) is 0. The summed E-state index contributed by atoms with van der Waals surface area (Å²) in [6, 6.07) is 0. The third-order valence-corrected chi connectivity index (χ3v) is 1.06. The third kappa shape index (κ3) is 0.658. The standard InChI is InChI=1S/C4H7BN2/c1-4-2-6-3-7(4)5/h2-3H,5H2,1H3. The van der Waals surface area contributed by atoms with Crippen molar-refractivity contribution in [1.29, 1.82) is 0 Å². The molecule has 0 aliphatic heterocycles. The molecule has 1 heterocycles. The molecule has 1 aromatic rings. The zero-order valence-electron chi connectivity index (χ0n) is 4.55. The van der Waals surface area contributed by atoms with Crippen molar-refractivity contribution in [3.8, 4) is 0 Å². The monoisotopic (exact) mass is 94.1 g/mol. The molecule has 1 rings (SSSR count). The summed E-state index contributed by atoms with van der Waals surface area (Å²) in [4.78, 5) is 3.88. The van der Waals surface area contributed by atoms with Crippen molar-refractivity contribution in [2.24, 2.45) is 0 Å². The molecule has 0 unspecified atom stereocenters. The van der Waals surface area contributed by atoms with Gasteiger partial charge >= 0.3 is 0 Å². The van der Waals surface area contributed by atoms with E-state index in [0.717, 1.165) is 0 Å². The van der Waals surface area contributed by atoms with E-state index in [1.807, 2.05) is 25.6 Å². The fourth-order valence-electron chi connectivity index (χ4n) is 0.423. The van der Waals surface area contributed by atoms with E-state index >= 15 is 0 Å². The minimum absolute atomic E-state index is 1.19. The van der Waals surface area contributed by atoms with Crippen molar-refractivity contribution in [3.63, 3.8) is 0 Å². The van der Waals surface area contributed by atoms with E-state index in [-0.39, 0.29) is 0 Å². The first-order valence-corrected chi connectivity index (χ1v) is 2.23. The fourth-order valence-corrected chi connectivity index (χ4v) is 0.423. The third-order valence-electron chi connectivity index (χ3n) is 1.06. The number of rotatable bonds is 0. The van der Waals surface area contributed by atoms with Gasteiger partial charge in [-0.2, -0.15) is 0 Å². The maximum Gasteiger partial charge on any atom is 0.224 e. The lowest BCUT2D eigenvalue weighted by Gasteiger charge is -1.87. The molecule has 0 saturated carbocycles. The topological polar surface area (TPSA) is 17.8 Å². The van der Waals surface area contributed by atoms with Gasteiger partial charge in [-0.05, 0) is 6.92 Å². The molecular weight excluding hydrogens is 86.9 g/mol. The van der Waals surface area contributed by atoms with Gasteiger partial charge in [0.1, 0.15) is 0 Å². The highest BCUT2D eigenvalue weighted by atomic mass is 15.0. The molecule has 0 aromatic carbocycles. The molecule has 1 aromatic heterocycles. The summed E-state index contributed by atoms with van der Waals surface area (Å²) in [5.41, 5.74) is 1.19. The summed E-state index contributed by atoms with van der Waals surface area (Å²) in [5, 5.41) is 0. The van der Waals surface area contributed by atoms with Crippen LogP contribution in [0, 0.1) is 6.92 Å². The van der Waals surface area contributed by atoms with Crippen LogP contribution in [0.15, 0.2) is 12.5 Å². The van der Waals surface area contributed by atoms with Gasteiger partial charge in [0.2, 0.25) is 7.98 Å². The number of nitrogens with zero attached hydrogens (tertiary/aromatic N) is 2. The average molecular weight is 93.9 g/mol. The number of hydrogen-bond acceptors (Lipinski definition) is 1. The molecule has 0 aliphatic carbocycles. The lowest BCUT2D eigenvalue weighted by Crippen LogP contribution is -1.89. The zero-order chi connectivity index (χ0) is 5.28. The first-order valence-electron chi connectivity index (χ1n) is 2.23. The van der Waals surface area contributed by atoms with E-state index in [0.29, 0.717) is 0 Å². The highest BCUT2D eigenvalue weighted by Gasteiger charge is 1.83.